The maximum atomic E-state index is 12.6. The van der Waals surface area contributed by atoms with Crippen LogP contribution in [0.1, 0.15) is 92.4 Å². The van der Waals surface area contributed by atoms with Gasteiger partial charge in [0.25, 0.3) is 0 Å². The molecule has 0 aromatic rings. The summed E-state index contributed by atoms with van der Waals surface area (Å²) < 4.78 is 85.5. The van der Waals surface area contributed by atoms with Crippen molar-refractivity contribution in [1.82, 2.24) is 0 Å². The molecule has 8 aliphatic heterocycles. The number of fused-ring (bicyclic) bond motifs is 7. The van der Waals surface area contributed by atoms with E-state index in [1.807, 2.05) is 0 Å². The van der Waals surface area contributed by atoms with Gasteiger partial charge in [0, 0.05) is 12.3 Å². The van der Waals surface area contributed by atoms with E-state index in [-0.39, 0.29) is 22.9 Å². The molecule has 0 amide bonds. The maximum Gasteiger partial charge on any atom is 0.187 e. The summed E-state index contributed by atoms with van der Waals surface area (Å²) in [4.78, 5) is 0. The summed E-state index contributed by atoms with van der Waals surface area (Å²) in [5.41, 5.74) is 1.19. The smallest absolute Gasteiger partial charge is 0.187 e. The molecule has 12 rings (SSSR count). The zero-order valence-electron chi connectivity index (χ0n) is 52.9. The lowest BCUT2D eigenvalue weighted by Crippen LogP contribution is -2.68. The topological polar surface area (TPSA) is 473 Å². The van der Waals surface area contributed by atoms with Gasteiger partial charge in [0.2, 0.25) is 0 Å². The van der Waals surface area contributed by atoms with Crippen LogP contribution < -0.4 is 0 Å². The highest BCUT2D eigenvalue weighted by atomic mass is 16.8. The van der Waals surface area contributed by atoms with Crippen LogP contribution in [0.2, 0.25) is 0 Å². The molecule has 0 aromatic carbocycles. The fourth-order valence-corrected chi connectivity index (χ4v) is 18.1. The van der Waals surface area contributed by atoms with Crippen LogP contribution in [0, 0.1) is 46.3 Å². The number of aliphatic hydroxyl groups excluding tert-OH is 17. The van der Waals surface area contributed by atoms with Crippen molar-refractivity contribution < 1.29 is 153 Å². The number of hydrogen-bond acceptors (Lipinski definition) is 31. The number of allylic oxidation sites excluding steroid dienone is 1. The predicted octanol–water partition coefficient (Wildman–Crippen LogP) is -5.67. The standard InChI is InChI=1S/C62H100O31/c1-22-8-13-62(82-19-22)23(2)36-31(93-62)15-29-27-7-6-25-14-26(9-11-60(25,4)28(27)10-12-61(29,36)5)84-59-53(92-56-46(76)41(71)37(67)24(3)83-56)48(78)50(34(18-65)87-59)90-58-49(79)52(40(70)33(17-64)86-58)91-57-47(77)43(73)51(89-55-44(74)38(68)30(66)20-80-55)35(88-57)21-81-54-45(75)42(72)39(69)32(16-63)85-54/h6,22-24,26-59,63-79H,7-21H2,1-5H3/t22-,23+,24+,26+,27-,28+,29+,30-,31+,32-,33-,34-,35-,36+,37+,38+,39-,40-,41-,42+,43-,44-,45-,46-,47-,48+,49-,50-,51-,52+,53-,54-,55+,56+,57+,58+,59-,60+,61+,62-/m1/s1. The Morgan fingerprint density at radius 1 is 0.495 bits per heavy atom. The molecule has 0 bridgehead atoms. The first-order chi connectivity index (χ1) is 44.2. The molecule has 40 atom stereocenters. The van der Waals surface area contributed by atoms with Gasteiger partial charge in [-0.2, -0.15) is 0 Å². The third kappa shape index (κ3) is 12.9. The van der Waals surface area contributed by atoms with Gasteiger partial charge >= 0.3 is 0 Å². The SMILES string of the molecule is C[C@@H]1CC[C@@]2(OC1)O[C@H]1C[C@H]3[C@@H]4CC=C5C[C@@H](O[C@@H]6O[C@H](CO)[C@@H](O[C@@H]7O[C@H](CO)[C@@H](O)[C@H](O[C@@H]8O[C@H](CO[C@@H]9O[C@H](CO)[C@@H](O)[C@H](O)[C@H]9O)[C@@H](O[C@@H]9OC[C@@H](O)[C@H](O)[C@H]9O)[C@H](O)[C@H]8O)[C@H]7O)[C@H](O)[C@H]6O[C@@H]6O[C@@H](C)[C@H](O)[C@@H](O)[C@H]6O)CC[C@]5(C)[C@H]4CC[C@]3(C)[C@H]1[C@@H]2C. The van der Waals surface area contributed by atoms with Crippen molar-refractivity contribution in [2.75, 3.05) is 39.6 Å². The molecule has 1 spiro atoms. The quantitative estimate of drug-likeness (QED) is 0.0641. The van der Waals surface area contributed by atoms with Crippen LogP contribution in [0.25, 0.3) is 0 Å². The molecule has 4 aliphatic carbocycles. The van der Waals surface area contributed by atoms with Gasteiger partial charge in [0.15, 0.2) is 43.5 Å². The maximum absolute atomic E-state index is 12.6. The second-order valence-corrected chi connectivity index (χ2v) is 29.1. The number of ether oxygens (including phenoxy) is 14. The lowest BCUT2D eigenvalue weighted by molar-refractivity contribution is -0.400. The molecule has 17 N–H and O–H groups in total. The largest absolute Gasteiger partial charge is 0.394 e. The van der Waals surface area contributed by atoms with Gasteiger partial charge in [-0.15, -0.1) is 0 Å². The van der Waals surface area contributed by atoms with Crippen LogP contribution in [-0.4, -0.2) is 323 Å². The van der Waals surface area contributed by atoms with Crippen LogP contribution in [0.5, 0.6) is 0 Å². The van der Waals surface area contributed by atoms with E-state index in [9.17, 15) is 86.8 Å². The lowest BCUT2D eigenvalue weighted by atomic mass is 9.47. The van der Waals surface area contributed by atoms with Crippen LogP contribution in [0.3, 0.4) is 0 Å². The molecule has 0 aromatic heterocycles. The van der Waals surface area contributed by atoms with Gasteiger partial charge in [-0.1, -0.05) is 39.3 Å². The van der Waals surface area contributed by atoms with Crippen LogP contribution >= 0.6 is 0 Å². The van der Waals surface area contributed by atoms with Crippen molar-refractivity contribution in [3.8, 4) is 0 Å². The Labute approximate surface area is 537 Å². The number of aliphatic hydroxyl groups is 17. The highest BCUT2D eigenvalue weighted by molar-refractivity contribution is 5.27. The Morgan fingerprint density at radius 2 is 1.09 bits per heavy atom. The molecule has 8 saturated heterocycles. The zero-order valence-corrected chi connectivity index (χ0v) is 52.9. The molecular weight excluding hydrogens is 1240 g/mol. The van der Waals surface area contributed by atoms with Crippen molar-refractivity contribution in [3.63, 3.8) is 0 Å². The van der Waals surface area contributed by atoms with E-state index >= 15 is 0 Å². The van der Waals surface area contributed by atoms with Crippen molar-refractivity contribution in [1.29, 1.82) is 0 Å². The van der Waals surface area contributed by atoms with Gasteiger partial charge < -0.3 is 153 Å². The number of rotatable bonds is 16. The van der Waals surface area contributed by atoms with Crippen molar-refractivity contribution >= 4 is 0 Å². The van der Waals surface area contributed by atoms with E-state index in [4.69, 9.17) is 66.3 Å². The summed E-state index contributed by atoms with van der Waals surface area (Å²) in [5, 5.41) is 187. The van der Waals surface area contributed by atoms with E-state index in [0.29, 0.717) is 49.0 Å². The fraction of sp³-hybridized carbons (Fsp3) is 0.968. The summed E-state index contributed by atoms with van der Waals surface area (Å²) in [6.07, 6.45) is -42.6. The fourth-order valence-electron chi connectivity index (χ4n) is 18.1. The molecule has 11 fully saturated rings. The minimum absolute atomic E-state index is 0.104. The van der Waals surface area contributed by atoms with E-state index in [2.05, 4.69) is 33.8 Å². The van der Waals surface area contributed by atoms with Gasteiger partial charge in [0.1, 0.15) is 134 Å². The Hall–Kier alpha value is -1.50. The lowest BCUT2D eigenvalue weighted by Gasteiger charge is -2.59. The minimum Gasteiger partial charge on any atom is -0.394 e. The predicted molar refractivity (Wildman–Crippen MR) is 306 cm³/mol. The molecule has 12 aliphatic rings. The minimum atomic E-state index is -2.21. The molecule has 3 saturated carbocycles. The Morgan fingerprint density at radius 3 is 1.80 bits per heavy atom. The average molecular weight is 1340 g/mol. The zero-order chi connectivity index (χ0) is 66.7. The summed E-state index contributed by atoms with van der Waals surface area (Å²) in [5.74, 6) is 2.03. The third-order valence-electron chi connectivity index (χ3n) is 23.6. The van der Waals surface area contributed by atoms with Crippen LogP contribution in [0.4, 0.5) is 0 Å². The average Bonchev–Trinajstić information content (AvgIpc) is 1.56. The van der Waals surface area contributed by atoms with Gasteiger partial charge in [-0.05, 0) is 98.7 Å². The van der Waals surface area contributed by atoms with E-state index in [0.717, 1.165) is 44.9 Å². The monoisotopic (exact) mass is 1340 g/mol. The third-order valence-corrected chi connectivity index (χ3v) is 23.6. The van der Waals surface area contributed by atoms with Crippen LogP contribution in [0.15, 0.2) is 11.6 Å². The first kappa shape index (κ1) is 71.3. The Balaban J connectivity index is 0.753. The van der Waals surface area contributed by atoms with Gasteiger partial charge in [-0.3, -0.25) is 0 Å². The molecule has 0 unspecified atom stereocenters. The summed E-state index contributed by atoms with van der Waals surface area (Å²) in [7, 11) is 0. The Kier molecular flexibility index (Phi) is 21.6. The van der Waals surface area contributed by atoms with E-state index in [1.54, 1.807) is 0 Å². The van der Waals surface area contributed by atoms with Crippen molar-refractivity contribution in [3.05, 3.63) is 11.6 Å². The Bertz CT molecular complexity index is 2520. The highest BCUT2D eigenvalue weighted by Crippen LogP contribution is 2.71. The van der Waals surface area contributed by atoms with Crippen LogP contribution in [-0.2, 0) is 66.3 Å². The van der Waals surface area contributed by atoms with E-state index < -0.39 is 223 Å². The first-order valence-corrected chi connectivity index (χ1v) is 33.3. The molecule has 0 radical (unpaired) electrons. The summed E-state index contributed by atoms with van der Waals surface area (Å²) in [6, 6.07) is 0. The summed E-state index contributed by atoms with van der Waals surface area (Å²) >= 11 is 0. The second kappa shape index (κ2) is 28.1. The summed E-state index contributed by atoms with van der Waals surface area (Å²) in [6.45, 7) is 7.48. The van der Waals surface area contributed by atoms with Gasteiger partial charge in [0.05, 0.1) is 58.0 Å². The molecule has 93 heavy (non-hydrogen) atoms. The normalized spacial score (nSPS) is 56.6. The van der Waals surface area contributed by atoms with Crippen molar-refractivity contribution in [2.24, 2.45) is 46.3 Å². The first-order valence-electron chi connectivity index (χ1n) is 33.3. The second-order valence-electron chi connectivity index (χ2n) is 29.1. The molecule has 534 valence electrons. The van der Waals surface area contributed by atoms with Crippen molar-refractivity contribution in [2.45, 2.75) is 289 Å². The molecule has 8 heterocycles. The van der Waals surface area contributed by atoms with E-state index in [1.165, 1.54) is 12.5 Å². The molecule has 31 nitrogen and oxygen atoms in total. The molecule has 31 heteroatoms. The van der Waals surface area contributed by atoms with Gasteiger partial charge in [-0.25, -0.2) is 0 Å². The number of hydrogen-bond donors (Lipinski definition) is 17. The molecular formula is C62H100O31. The highest BCUT2D eigenvalue weighted by Gasteiger charge is 2.69.